The van der Waals surface area contributed by atoms with E-state index in [1.807, 2.05) is 50.7 Å². The number of amides is 1. The number of carbonyl (C=O) groups is 1. The fourth-order valence-corrected chi connectivity index (χ4v) is 2.58. The van der Waals surface area contributed by atoms with Crippen molar-refractivity contribution < 1.29 is 9.53 Å². The number of nitrogens with zero attached hydrogens (tertiary/aromatic N) is 3. The van der Waals surface area contributed by atoms with Crippen LogP contribution in [0.1, 0.15) is 38.8 Å². The summed E-state index contributed by atoms with van der Waals surface area (Å²) in [6.45, 7) is 10.6. The molecule has 0 unspecified atom stereocenters. The maximum atomic E-state index is 11.7. The molecule has 0 atom stereocenters. The van der Waals surface area contributed by atoms with Gasteiger partial charge in [-0.15, -0.1) is 0 Å². The number of hydrogen-bond donors (Lipinski definition) is 3. The minimum Gasteiger partial charge on any atom is -0.444 e. The SMILES string of the molecule is CCNC(=NCc1cccc(Cn2cccn2)c1)NCCNC(=O)OC(C)(C)C. The molecule has 0 fully saturated rings. The van der Waals surface area contributed by atoms with Gasteiger partial charge in [-0.05, 0) is 44.9 Å². The zero-order chi connectivity index (χ0) is 21.1. The number of carbonyl (C=O) groups excluding carboxylic acids is 1. The van der Waals surface area contributed by atoms with Crippen molar-refractivity contribution in [2.45, 2.75) is 46.4 Å². The number of alkyl carbamates (subject to hydrolysis) is 1. The van der Waals surface area contributed by atoms with E-state index in [2.05, 4.69) is 44.2 Å². The van der Waals surface area contributed by atoms with Gasteiger partial charge in [0.25, 0.3) is 0 Å². The van der Waals surface area contributed by atoms with Crippen LogP contribution in [-0.4, -0.2) is 47.1 Å². The molecule has 1 aromatic heterocycles. The summed E-state index contributed by atoms with van der Waals surface area (Å²) in [7, 11) is 0. The molecule has 0 radical (unpaired) electrons. The van der Waals surface area contributed by atoms with Gasteiger partial charge >= 0.3 is 6.09 Å². The molecule has 8 nitrogen and oxygen atoms in total. The first kappa shape index (κ1) is 22.3. The molecule has 0 aliphatic carbocycles. The molecule has 0 spiro atoms. The summed E-state index contributed by atoms with van der Waals surface area (Å²) >= 11 is 0. The van der Waals surface area contributed by atoms with Gasteiger partial charge in [0.1, 0.15) is 5.60 Å². The van der Waals surface area contributed by atoms with E-state index in [-0.39, 0.29) is 0 Å². The van der Waals surface area contributed by atoms with Crippen LogP contribution in [0.25, 0.3) is 0 Å². The highest BCUT2D eigenvalue weighted by Crippen LogP contribution is 2.08. The molecular weight excluding hydrogens is 368 g/mol. The van der Waals surface area contributed by atoms with Crippen LogP contribution in [0.5, 0.6) is 0 Å². The monoisotopic (exact) mass is 400 g/mol. The maximum Gasteiger partial charge on any atom is 0.407 e. The highest BCUT2D eigenvalue weighted by molar-refractivity contribution is 5.79. The first-order chi connectivity index (χ1) is 13.9. The highest BCUT2D eigenvalue weighted by Gasteiger charge is 2.15. The van der Waals surface area contributed by atoms with Crippen LogP contribution in [0.15, 0.2) is 47.7 Å². The van der Waals surface area contributed by atoms with Gasteiger partial charge in [0.2, 0.25) is 0 Å². The van der Waals surface area contributed by atoms with Crippen LogP contribution in [0, 0.1) is 0 Å². The molecule has 0 saturated heterocycles. The summed E-state index contributed by atoms with van der Waals surface area (Å²) in [5.74, 6) is 0.705. The topological polar surface area (TPSA) is 92.6 Å². The van der Waals surface area contributed by atoms with Crippen molar-refractivity contribution in [3.05, 3.63) is 53.9 Å². The summed E-state index contributed by atoms with van der Waals surface area (Å²) in [6.07, 6.45) is 3.30. The van der Waals surface area contributed by atoms with Crippen molar-refractivity contribution in [1.82, 2.24) is 25.7 Å². The normalized spacial score (nSPS) is 11.8. The quantitative estimate of drug-likeness (QED) is 0.360. The second-order valence-electron chi connectivity index (χ2n) is 7.57. The lowest BCUT2D eigenvalue weighted by atomic mass is 10.1. The fourth-order valence-electron chi connectivity index (χ4n) is 2.58. The summed E-state index contributed by atoms with van der Waals surface area (Å²) in [4.78, 5) is 16.3. The van der Waals surface area contributed by atoms with Gasteiger partial charge in [-0.25, -0.2) is 9.79 Å². The number of rotatable bonds is 8. The Balaban J connectivity index is 1.83. The van der Waals surface area contributed by atoms with E-state index in [4.69, 9.17) is 4.74 Å². The summed E-state index contributed by atoms with van der Waals surface area (Å²) in [5, 5.41) is 13.4. The number of aliphatic imine (C=N–C) groups is 1. The van der Waals surface area contributed by atoms with E-state index < -0.39 is 11.7 Å². The minimum atomic E-state index is -0.500. The smallest absolute Gasteiger partial charge is 0.407 e. The molecule has 2 aromatic rings. The third-order valence-electron chi connectivity index (χ3n) is 3.74. The number of ether oxygens (including phenoxy) is 1. The Labute approximate surface area is 172 Å². The van der Waals surface area contributed by atoms with E-state index in [1.165, 1.54) is 5.56 Å². The Morgan fingerprint density at radius 2 is 1.90 bits per heavy atom. The van der Waals surface area contributed by atoms with Gasteiger partial charge in [0.15, 0.2) is 5.96 Å². The van der Waals surface area contributed by atoms with Crippen LogP contribution in [0.2, 0.25) is 0 Å². The lowest BCUT2D eigenvalue weighted by Gasteiger charge is -2.19. The Morgan fingerprint density at radius 3 is 2.59 bits per heavy atom. The number of benzene rings is 1. The predicted molar refractivity (Wildman–Crippen MR) is 115 cm³/mol. The zero-order valence-corrected chi connectivity index (χ0v) is 17.7. The molecule has 8 heteroatoms. The third kappa shape index (κ3) is 9.14. The Bertz CT molecular complexity index is 781. The second kappa shape index (κ2) is 11.1. The number of guanidine groups is 1. The number of hydrogen-bond acceptors (Lipinski definition) is 4. The highest BCUT2D eigenvalue weighted by atomic mass is 16.6. The minimum absolute atomic E-state index is 0.421. The van der Waals surface area contributed by atoms with Crippen molar-refractivity contribution in [3.63, 3.8) is 0 Å². The molecule has 158 valence electrons. The predicted octanol–water partition coefficient (Wildman–Crippen LogP) is 2.51. The third-order valence-corrected chi connectivity index (χ3v) is 3.74. The van der Waals surface area contributed by atoms with Crippen molar-refractivity contribution in [3.8, 4) is 0 Å². The number of aromatic nitrogens is 2. The maximum absolute atomic E-state index is 11.7. The Hall–Kier alpha value is -3.03. The second-order valence-corrected chi connectivity index (χ2v) is 7.57. The average molecular weight is 401 g/mol. The molecule has 1 aromatic carbocycles. The molecule has 3 N–H and O–H groups in total. The van der Waals surface area contributed by atoms with Crippen molar-refractivity contribution in [2.24, 2.45) is 4.99 Å². The molecule has 2 rings (SSSR count). The van der Waals surface area contributed by atoms with Gasteiger partial charge in [-0.1, -0.05) is 24.3 Å². The molecule has 1 heterocycles. The Kier molecular flexibility index (Phi) is 8.51. The summed E-state index contributed by atoms with van der Waals surface area (Å²) in [5.41, 5.74) is 1.81. The van der Waals surface area contributed by atoms with E-state index in [0.717, 1.165) is 18.7 Å². The lowest BCUT2D eigenvalue weighted by molar-refractivity contribution is 0.0529. The molecule has 29 heavy (non-hydrogen) atoms. The van der Waals surface area contributed by atoms with Crippen LogP contribution in [0.4, 0.5) is 4.79 Å². The molecule has 0 aliphatic rings. The lowest BCUT2D eigenvalue weighted by Crippen LogP contribution is -2.42. The standard InChI is InChI=1S/C21H32N6O2/c1-5-22-19(23-11-12-24-20(28)29-21(2,3)4)25-15-17-8-6-9-18(14-17)16-27-13-7-10-26-27/h6-10,13-14H,5,11-12,15-16H2,1-4H3,(H,24,28)(H2,22,23,25). The van der Waals surface area contributed by atoms with E-state index >= 15 is 0 Å². The zero-order valence-electron chi connectivity index (χ0n) is 17.7. The van der Waals surface area contributed by atoms with Gasteiger partial charge in [0.05, 0.1) is 13.1 Å². The van der Waals surface area contributed by atoms with Crippen LogP contribution in [0.3, 0.4) is 0 Å². The van der Waals surface area contributed by atoms with Crippen molar-refractivity contribution in [1.29, 1.82) is 0 Å². The van der Waals surface area contributed by atoms with Gasteiger partial charge < -0.3 is 20.7 Å². The van der Waals surface area contributed by atoms with Crippen LogP contribution >= 0.6 is 0 Å². The fraction of sp³-hybridized carbons (Fsp3) is 0.476. The first-order valence-corrected chi connectivity index (χ1v) is 9.90. The van der Waals surface area contributed by atoms with E-state index in [0.29, 0.717) is 25.6 Å². The first-order valence-electron chi connectivity index (χ1n) is 9.90. The molecule has 0 bridgehead atoms. The van der Waals surface area contributed by atoms with Crippen molar-refractivity contribution in [2.75, 3.05) is 19.6 Å². The van der Waals surface area contributed by atoms with E-state index in [1.54, 1.807) is 6.20 Å². The van der Waals surface area contributed by atoms with Crippen LogP contribution < -0.4 is 16.0 Å². The van der Waals surface area contributed by atoms with Gasteiger partial charge in [-0.3, -0.25) is 4.68 Å². The molecule has 0 aliphatic heterocycles. The van der Waals surface area contributed by atoms with Gasteiger partial charge in [0, 0.05) is 32.0 Å². The summed E-state index contributed by atoms with van der Waals surface area (Å²) in [6, 6.07) is 10.2. The van der Waals surface area contributed by atoms with Crippen LogP contribution in [-0.2, 0) is 17.8 Å². The molecule has 0 saturated carbocycles. The Morgan fingerprint density at radius 1 is 1.14 bits per heavy atom. The molecule has 1 amide bonds. The largest absolute Gasteiger partial charge is 0.444 e. The average Bonchev–Trinajstić information content (AvgIpc) is 3.15. The summed E-state index contributed by atoms with van der Waals surface area (Å²) < 4.78 is 7.11. The number of nitrogens with one attached hydrogen (secondary N) is 3. The molecular formula is C21H32N6O2. The van der Waals surface area contributed by atoms with E-state index in [9.17, 15) is 4.79 Å². The van der Waals surface area contributed by atoms with Crippen molar-refractivity contribution >= 4 is 12.1 Å². The van der Waals surface area contributed by atoms with Gasteiger partial charge in [-0.2, -0.15) is 5.10 Å².